The van der Waals surface area contributed by atoms with Crippen molar-refractivity contribution in [3.8, 4) is 0 Å². The third kappa shape index (κ3) is 62.6. The fraction of sp³-hybridized carbons (Fsp3) is 0.899. The Morgan fingerprint density at radius 3 is 0.773 bits per heavy atom. The van der Waals surface area contributed by atoms with Crippen LogP contribution in [0, 0.1) is 0 Å². The molecule has 0 N–H and O–H groups in total. The first kappa shape index (κ1) is 72.9. The standard InChI is InChI=1S/C69H130O6/c1-4-7-10-13-16-19-22-25-28-30-32-33-34-35-36-38-39-41-44-47-50-53-56-59-62-68(71)74-65-66(64-73-67(70)61-58-55-52-49-46-43-27-24-21-18-15-12-9-6-3)75-69(72)63-60-57-54-51-48-45-42-40-37-31-29-26-23-20-17-14-11-8-5-2/h15,18,24,27,66H,4-14,16-17,19-23,25-26,28-65H2,1-3H3/b18-15-,27-24-. The SMILES string of the molecule is CCCC/C=C\C/C=C\CCCCCCCC(=O)OCC(COC(=O)CCCCCCCCCCCCCCCCCCCCCCCCCC)OC(=O)CCCCCCCCCCCCCCCCCCCCC. The number of hydrogen-bond donors (Lipinski definition) is 0. The van der Waals surface area contributed by atoms with Gasteiger partial charge in [0.05, 0.1) is 0 Å². The minimum atomic E-state index is -0.773. The van der Waals surface area contributed by atoms with Crippen LogP contribution in [0.2, 0.25) is 0 Å². The van der Waals surface area contributed by atoms with Crippen LogP contribution in [-0.4, -0.2) is 37.2 Å². The van der Waals surface area contributed by atoms with Gasteiger partial charge in [0.1, 0.15) is 13.2 Å². The number of rotatable bonds is 63. The largest absolute Gasteiger partial charge is 0.462 e. The van der Waals surface area contributed by atoms with Gasteiger partial charge in [-0.25, -0.2) is 0 Å². The quantitative estimate of drug-likeness (QED) is 0.0261. The molecule has 0 saturated carbocycles. The molecule has 0 aromatic heterocycles. The molecular formula is C69H130O6. The van der Waals surface area contributed by atoms with Gasteiger partial charge in [0, 0.05) is 19.3 Å². The van der Waals surface area contributed by atoms with E-state index in [9.17, 15) is 14.4 Å². The highest BCUT2D eigenvalue weighted by molar-refractivity contribution is 5.71. The molecule has 442 valence electrons. The summed E-state index contributed by atoms with van der Waals surface area (Å²) in [6.07, 6.45) is 77.7. The fourth-order valence-electron chi connectivity index (χ4n) is 10.3. The van der Waals surface area contributed by atoms with E-state index in [1.54, 1.807) is 0 Å². The Balaban J connectivity index is 4.24. The molecule has 0 saturated heterocycles. The first-order chi connectivity index (χ1) is 37.0. The van der Waals surface area contributed by atoms with Gasteiger partial charge in [0.15, 0.2) is 6.10 Å². The van der Waals surface area contributed by atoms with Crippen molar-refractivity contribution in [1.29, 1.82) is 0 Å². The first-order valence-corrected chi connectivity index (χ1v) is 33.8. The molecule has 0 radical (unpaired) electrons. The molecule has 0 aliphatic heterocycles. The molecule has 0 bridgehead atoms. The highest BCUT2D eigenvalue weighted by Crippen LogP contribution is 2.19. The zero-order valence-electron chi connectivity index (χ0n) is 50.8. The Morgan fingerprint density at radius 2 is 0.493 bits per heavy atom. The van der Waals surface area contributed by atoms with Crippen LogP contribution in [0.4, 0.5) is 0 Å². The van der Waals surface area contributed by atoms with E-state index in [0.717, 1.165) is 77.0 Å². The number of hydrogen-bond acceptors (Lipinski definition) is 6. The topological polar surface area (TPSA) is 78.9 Å². The van der Waals surface area contributed by atoms with Gasteiger partial charge in [-0.1, -0.05) is 340 Å². The van der Waals surface area contributed by atoms with E-state index >= 15 is 0 Å². The molecule has 0 heterocycles. The maximum absolute atomic E-state index is 12.9. The van der Waals surface area contributed by atoms with Crippen LogP contribution in [-0.2, 0) is 28.6 Å². The van der Waals surface area contributed by atoms with Crippen LogP contribution in [0.1, 0.15) is 380 Å². The number of allylic oxidation sites excluding steroid dienone is 4. The van der Waals surface area contributed by atoms with Gasteiger partial charge in [0.25, 0.3) is 0 Å². The number of esters is 3. The molecule has 6 nitrogen and oxygen atoms in total. The second-order valence-electron chi connectivity index (χ2n) is 23.1. The Labute approximate surface area is 468 Å². The van der Waals surface area contributed by atoms with Gasteiger partial charge >= 0.3 is 17.9 Å². The van der Waals surface area contributed by atoms with Crippen LogP contribution < -0.4 is 0 Å². The van der Waals surface area contributed by atoms with Crippen LogP contribution in [0.15, 0.2) is 24.3 Å². The van der Waals surface area contributed by atoms with Crippen molar-refractivity contribution in [2.24, 2.45) is 0 Å². The summed E-state index contributed by atoms with van der Waals surface area (Å²) in [5, 5.41) is 0. The summed E-state index contributed by atoms with van der Waals surface area (Å²) in [5.74, 6) is -0.853. The third-order valence-electron chi connectivity index (χ3n) is 15.5. The zero-order chi connectivity index (χ0) is 54.3. The van der Waals surface area contributed by atoms with E-state index in [1.165, 1.54) is 263 Å². The number of carbonyl (C=O) groups is 3. The molecule has 0 spiro atoms. The molecule has 0 rings (SSSR count). The van der Waals surface area contributed by atoms with Gasteiger partial charge in [-0.2, -0.15) is 0 Å². The lowest BCUT2D eigenvalue weighted by Gasteiger charge is -2.18. The van der Waals surface area contributed by atoms with Crippen molar-refractivity contribution in [3.05, 3.63) is 24.3 Å². The number of carbonyl (C=O) groups excluding carboxylic acids is 3. The second-order valence-corrected chi connectivity index (χ2v) is 23.1. The Morgan fingerprint density at radius 1 is 0.267 bits per heavy atom. The van der Waals surface area contributed by atoms with Crippen molar-refractivity contribution in [3.63, 3.8) is 0 Å². The van der Waals surface area contributed by atoms with E-state index < -0.39 is 6.10 Å². The molecule has 0 aromatic rings. The van der Waals surface area contributed by atoms with E-state index in [0.29, 0.717) is 19.3 Å². The first-order valence-electron chi connectivity index (χ1n) is 33.8. The van der Waals surface area contributed by atoms with E-state index in [-0.39, 0.29) is 31.1 Å². The Hall–Kier alpha value is -2.11. The molecule has 0 fully saturated rings. The van der Waals surface area contributed by atoms with Gasteiger partial charge in [-0.05, 0) is 44.9 Å². The van der Waals surface area contributed by atoms with Crippen molar-refractivity contribution >= 4 is 17.9 Å². The van der Waals surface area contributed by atoms with Crippen LogP contribution in [0.3, 0.4) is 0 Å². The smallest absolute Gasteiger partial charge is 0.306 e. The molecule has 0 aliphatic rings. The third-order valence-corrected chi connectivity index (χ3v) is 15.5. The highest BCUT2D eigenvalue weighted by atomic mass is 16.6. The van der Waals surface area contributed by atoms with Gasteiger partial charge in [-0.3, -0.25) is 14.4 Å². The lowest BCUT2D eigenvalue weighted by Crippen LogP contribution is -2.30. The predicted octanol–water partition coefficient (Wildman–Crippen LogP) is 23.0. The molecule has 1 atom stereocenters. The van der Waals surface area contributed by atoms with Gasteiger partial charge in [-0.15, -0.1) is 0 Å². The second kappa shape index (κ2) is 64.4. The lowest BCUT2D eigenvalue weighted by atomic mass is 10.0. The number of unbranched alkanes of at least 4 members (excludes halogenated alkanes) is 48. The summed E-state index contributed by atoms with van der Waals surface area (Å²) in [7, 11) is 0. The summed E-state index contributed by atoms with van der Waals surface area (Å²) in [6.45, 7) is 6.67. The molecule has 0 aromatic carbocycles. The Bertz CT molecular complexity index is 1210. The van der Waals surface area contributed by atoms with E-state index in [1.807, 2.05) is 0 Å². The van der Waals surface area contributed by atoms with Gasteiger partial charge in [0.2, 0.25) is 0 Å². The summed E-state index contributed by atoms with van der Waals surface area (Å²) in [5.41, 5.74) is 0. The monoisotopic (exact) mass is 1050 g/mol. The molecule has 0 aliphatic carbocycles. The normalized spacial score (nSPS) is 12.1. The van der Waals surface area contributed by atoms with Gasteiger partial charge < -0.3 is 14.2 Å². The van der Waals surface area contributed by atoms with Crippen molar-refractivity contribution in [2.45, 2.75) is 386 Å². The predicted molar refractivity (Wildman–Crippen MR) is 326 cm³/mol. The Kier molecular flexibility index (Phi) is 62.6. The fourth-order valence-corrected chi connectivity index (χ4v) is 10.3. The summed E-state index contributed by atoms with van der Waals surface area (Å²) in [4.78, 5) is 38.4. The van der Waals surface area contributed by atoms with E-state index in [2.05, 4.69) is 45.1 Å². The van der Waals surface area contributed by atoms with Crippen molar-refractivity contribution in [1.82, 2.24) is 0 Å². The van der Waals surface area contributed by atoms with E-state index in [4.69, 9.17) is 14.2 Å². The summed E-state index contributed by atoms with van der Waals surface area (Å²) < 4.78 is 17.0. The summed E-state index contributed by atoms with van der Waals surface area (Å²) in [6, 6.07) is 0. The zero-order valence-corrected chi connectivity index (χ0v) is 50.8. The van der Waals surface area contributed by atoms with Crippen LogP contribution in [0.25, 0.3) is 0 Å². The van der Waals surface area contributed by atoms with Crippen LogP contribution >= 0.6 is 0 Å². The number of ether oxygens (including phenoxy) is 3. The minimum absolute atomic E-state index is 0.0694. The average molecular weight is 1060 g/mol. The molecule has 6 heteroatoms. The highest BCUT2D eigenvalue weighted by Gasteiger charge is 2.19. The van der Waals surface area contributed by atoms with Crippen LogP contribution in [0.5, 0.6) is 0 Å². The molecule has 0 amide bonds. The van der Waals surface area contributed by atoms with Crippen molar-refractivity contribution < 1.29 is 28.6 Å². The minimum Gasteiger partial charge on any atom is -0.462 e. The molecular weight excluding hydrogens is 925 g/mol. The maximum atomic E-state index is 12.9. The van der Waals surface area contributed by atoms with Crippen molar-refractivity contribution in [2.75, 3.05) is 13.2 Å². The average Bonchev–Trinajstić information content (AvgIpc) is 3.41. The maximum Gasteiger partial charge on any atom is 0.306 e. The molecule has 75 heavy (non-hydrogen) atoms. The summed E-state index contributed by atoms with van der Waals surface area (Å²) >= 11 is 0. The lowest BCUT2D eigenvalue weighted by molar-refractivity contribution is -0.167. The molecule has 1 unspecified atom stereocenters.